The Morgan fingerprint density at radius 2 is 1.90 bits per heavy atom. The van der Waals surface area contributed by atoms with Crippen LogP contribution in [0, 0.1) is 5.92 Å². The Labute approximate surface area is 180 Å². The van der Waals surface area contributed by atoms with Crippen molar-refractivity contribution in [3.63, 3.8) is 0 Å². The van der Waals surface area contributed by atoms with Crippen LogP contribution in [-0.2, 0) is 21.4 Å². The molecular formula is C20H22Cl2N2O4S. The first-order valence-corrected chi connectivity index (χ1v) is 11.4. The summed E-state index contributed by atoms with van der Waals surface area (Å²) in [6.45, 7) is 0.900. The number of nitrogens with zero attached hydrogens (tertiary/aromatic N) is 1. The molecular weight excluding hydrogens is 435 g/mol. The minimum Gasteiger partial charge on any atom is -0.497 e. The van der Waals surface area contributed by atoms with Gasteiger partial charge in [0.05, 0.1) is 12.1 Å². The van der Waals surface area contributed by atoms with E-state index in [0.717, 1.165) is 11.3 Å². The van der Waals surface area contributed by atoms with Gasteiger partial charge in [-0.1, -0.05) is 35.3 Å². The van der Waals surface area contributed by atoms with Gasteiger partial charge in [0.25, 0.3) is 0 Å². The SMILES string of the molecule is COc1cccc(CNC(=O)C2CCN(S(=O)(=O)c3cc(Cl)ccc3Cl)CC2)c1. The highest BCUT2D eigenvalue weighted by molar-refractivity contribution is 7.89. The molecule has 0 aliphatic carbocycles. The van der Waals surface area contributed by atoms with E-state index in [1.54, 1.807) is 13.2 Å². The van der Waals surface area contributed by atoms with Crippen molar-refractivity contribution < 1.29 is 17.9 Å². The first kappa shape index (κ1) is 21.9. The van der Waals surface area contributed by atoms with Crippen LogP contribution in [0.2, 0.25) is 10.0 Å². The fourth-order valence-electron chi connectivity index (χ4n) is 3.29. The fourth-order valence-corrected chi connectivity index (χ4v) is 5.50. The maximum atomic E-state index is 12.9. The molecule has 156 valence electrons. The van der Waals surface area contributed by atoms with E-state index in [1.807, 2.05) is 24.3 Å². The average molecular weight is 457 g/mol. The highest BCUT2D eigenvalue weighted by Crippen LogP contribution is 2.30. The number of sulfonamides is 1. The molecule has 1 fully saturated rings. The molecule has 1 amide bonds. The van der Waals surface area contributed by atoms with Crippen LogP contribution in [-0.4, -0.2) is 38.8 Å². The monoisotopic (exact) mass is 456 g/mol. The molecule has 6 nitrogen and oxygen atoms in total. The van der Waals surface area contributed by atoms with Gasteiger partial charge in [-0.25, -0.2) is 8.42 Å². The third-order valence-electron chi connectivity index (χ3n) is 4.94. The van der Waals surface area contributed by atoms with Crippen molar-refractivity contribution in [3.8, 4) is 5.75 Å². The number of carbonyl (C=O) groups is 1. The topological polar surface area (TPSA) is 75.7 Å². The maximum Gasteiger partial charge on any atom is 0.244 e. The molecule has 0 unspecified atom stereocenters. The van der Waals surface area contributed by atoms with Crippen LogP contribution in [0.4, 0.5) is 0 Å². The molecule has 29 heavy (non-hydrogen) atoms. The summed E-state index contributed by atoms with van der Waals surface area (Å²) in [6, 6.07) is 11.8. The van der Waals surface area contributed by atoms with Crippen molar-refractivity contribution in [3.05, 3.63) is 58.1 Å². The number of hydrogen-bond acceptors (Lipinski definition) is 4. The average Bonchev–Trinajstić information content (AvgIpc) is 2.74. The van der Waals surface area contributed by atoms with E-state index in [4.69, 9.17) is 27.9 Å². The number of rotatable bonds is 6. The quantitative estimate of drug-likeness (QED) is 0.718. The molecule has 3 rings (SSSR count). The lowest BCUT2D eigenvalue weighted by Crippen LogP contribution is -2.42. The van der Waals surface area contributed by atoms with E-state index < -0.39 is 10.0 Å². The van der Waals surface area contributed by atoms with Gasteiger partial charge >= 0.3 is 0 Å². The van der Waals surface area contributed by atoms with Crippen LogP contribution in [0.5, 0.6) is 5.75 Å². The zero-order valence-electron chi connectivity index (χ0n) is 15.9. The molecule has 1 heterocycles. The number of nitrogens with one attached hydrogen (secondary N) is 1. The lowest BCUT2D eigenvalue weighted by atomic mass is 9.97. The minimum absolute atomic E-state index is 0.00686. The molecule has 1 aliphatic heterocycles. The second kappa shape index (κ2) is 9.34. The summed E-state index contributed by atoms with van der Waals surface area (Å²) in [5, 5.41) is 3.36. The zero-order chi connectivity index (χ0) is 21.0. The molecule has 0 atom stereocenters. The molecule has 2 aromatic carbocycles. The Morgan fingerprint density at radius 1 is 1.17 bits per heavy atom. The van der Waals surface area contributed by atoms with Crippen molar-refractivity contribution in [2.45, 2.75) is 24.3 Å². The van der Waals surface area contributed by atoms with Gasteiger partial charge in [-0.3, -0.25) is 4.79 Å². The number of carbonyl (C=O) groups excluding carboxylic acids is 1. The van der Waals surface area contributed by atoms with Crippen molar-refractivity contribution in [2.75, 3.05) is 20.2 Å². The largest absolute Gasteiger partial charge is 0.497 e. The van der Waals surface area contributed by atoms with Gasteiger partial charge in [0.1, 0.15) is 10.6 Å². The van der Waals surface area contributed by atoms with Crippen LogP contribution in [0.15, 0.2) is 47.4 Å². The predicted octanol–water partition coefficient (Wildman–Crippen LogP) is 3.72. The molecule has 9 heteroatoms. The van der Waals surface area contributed by atoms with Gasteiger partial charge < -0.3 is 10.1 Å². The van der Waals surface area contributed by atoms with Crippen LogP contribution >= 0.6 is 23.2 Å². The van der Waals surface area contributed by atoms with Crippen molar-refractivity contribution in [2.24, 2.45) is 5.92 Å². The number of hydrogen-bond donors (Lipinski definition) is 1. The summed E-state index contributed by atoms with van der Waals surface area (Å²) in [5.74, 6) is 0.419. The molecule has 1 N–H and O–H groups in total. The third kappa shape index (κ3) is 5.22. The molecule has 1 aliphatic rings. The molecule has 2 aromatic rings. The van der Waals surface area contributed by atoms with Gasteiger partial charge in [0.2, 0.25) is 15.9 Å². The van der Waals surface area contributed by atoms with Gasteiger partial charge in [-0.2, -0.15) is 4.31 Å². The second-order valence-corrected chi connectivity index (χ2v) is 9.57. The van der Waals surface area contributed by atoms with Gasteiger partial charge in [-0.15, -0.1) is 0 Å². The van der Waals surface area contributed by atoms with Crippen molar-refractivity contribution in [1.29, 1.82) is 0 Å². The summed E-state index contributed by atoms with van der Waals surface area (Å²) in [7, 11) is -2.16. The lowest BCUT2D eigenvalue weighted by molar-refractivity contribution is -0.126. The molecule has 0 saturated carbocycles. The van der Waals surface area contributed by atoms with Crippen LogP contribution in [0.1, 0.15) is 18.4 Å². The number of ether oxygens (including phenoxy) is 1. The first-order valence-electron chi connectivity index (χ1n) is 9.17. The Kier molecular flexibility index (Phi) is 7.05. The normalized spacial score (nSPS) is 15.8. The smallest absolute Gasteiger partial charge is 0.244 e. The molecule has 0 radical (unpaired) electrons. The Bertz CT molecular complexity index is 990. The number of benzene rings is 2. The highest BCUT2D eigenvalue weighted by Gasteiger charge is 2.33. The summed E-state index contributed by atoms with van der Waals surface area (Å²) >= 11 is 12.0. The molecule has 0 spiro atoms. The number of piperidine rings is 1. The number of halogens is 2. The van der Waals surface area contributed by atoms with E-state index in [-0.39, 0.29) is 34.8 Å². The van der Waals surface area contributed by atoms with Gasteiger partial charge in [0, 0.05) is 30.6 Å². The standard InChI is InChI=1S/C20H22Cl2N2O4S/c1-28-17-4-2-3-14(11-17)13-23-20(25)15-7-9-24(10-8-15)29(26,27)19-12-16(21)5-6-18(19)22/h2-6,11-12,15H,7-10,13H2,1H3,(H,23,25). The zero-order valence-corrected chi connectivity index (χ0v) is 18.2. The fraction of sp³-hybridized carbons (Fsp3) is 0.350. The Balaban J connectivity index is 1.58. The summed E-state index contributed by atoms with van der Waals surface area (Å²) < 4.78 is 32.3. The van der Waals surface area contributed by atoms with Gasteiger partial charge in [0.15, 0.2) is 0 Å². The van der Waals surface area contributed by atoms with E-state index in [2.05, 4.69) is 5.32 Å². The second-order valence-electron chi connectivity index (χ2n) is 6.82. The number of amides is 1. The summed E-state index contributed by atoms with van der Waals surface area (Å²) in [4.78, 5) is 12.5. The van der Waals surface area contributed by atoms with Gasteiger partial charge in [-0.05, 0) is 48.7 Å². The highest BCUT2D eigenvalue weighted by atomic mass is 35.5. The van der Waals surface area contributed by atoms with Crippen LogP contribution < -0.4 is 10.1 Å². The maximum absolute atomic E-state index is 12.9. The predicted molar refractivity (Wildman–Crippen MR) is 113 cm³/mol. The first-order chi connectivity index (χ1) is 13.8. The Morgan fingerprint density at radius 3 is 2.59 bits per heavy atom. The van der Waals surface area contributed by atoms with Crippen molar-refractivity contribution in [1.82, 2.24) is 9.62 Å². The van der Waals surface area contributed by atoms with Crippen LogP contribution in [0.3, 0.4) is 0 Å². The lowest BCUT2D eigenvalue weighted by Gasteiger charge is -2.30. The van der Waals surface area contributed by atoms with E-state index in [0.29, 0.717) is 24.4 Å². The molecule has 0 aromatic heterocycles. The molecule has 0 bridgehead atoms. The third-order valence-corrected chi connectivity index (χ3v) is 7.55. The summed E-state index contributed by atoms with van der Waals surface area (Å²) in [5.41, 5.74) is 0.938. The number of methoxy groups -OCH3 is 1. The van der Waals surface area contributed by atoms with E-state index in [9.17, 15) is 13.2 Å². The van der Waals surface area contributed by atoms with E-state index >= 15 is 0 Å². The minimum atomic E-state index is -3.76. The van der Waals surface area contributed by atoms with E-state index in [1.165, 1.54) is 16.4 Å². The van der Waals surface area contributed by atoms with Crippen LogP contribution in [0.25, 0.3) is 0 Å². The Hall–Kier alpha value is -1.80. The summed E-state index contributed by atoms with van der Waals surface area (Å²) in [6.07, 6.45) is 0.892. The molecule has 1 saturated heterocycles. The van der Waals surface area contributed by atoms with Crippen molar-refractivity contribution >= 4 is 39.1 Å².